The summed E-state index contributed by atoms with van der Waals surface area (Å²) >= 11 is 3.07. The SMILES string of the molecule is CCSc1ccc(CC(=O)N(Cc2ccccn2)c2nc3c(F)cccc3s2)cc1. The minimum Gasteiger partial charge on any atom is -0.282 e. The maximum absolute atomic E-state index is 14.2. The minimum absolute atomic E-state index is 0.101. The highest BCUT2D eigenvalue weighted by Crippen LogP contribution is 2.31. The van der Waals surface area contributed by atoms with Gasteiger partial charge in [0, 0.05) is 11.1 Å². The highest BCUT2D eigenvalue weighted by Gasteiger charge is 2.22. The Bertz CT molecular complexity index is 1150. The fourth-order valence-corrected chi connectivity index (χ4v) is 4.73. The zero-order chi connectivity index (χ0) is 20.9. The number of anilines is 1. The summed E-state index contributed by atoms with van der Waals surface area (Å²) in [7, 11) is 0. The molecule has 0 unspecified atom stereocenters. The first-order chi connectivity index (χ1) is 14.6. The van der Waals surface area contributed by atoms with Crippen molar-refractivity contribution in [3.05, 3.63) is 83.9 Å². The Morgan fingerprint density at radius 1 is 1.10 bits per heavy atom. The van der Waals surface area contributed by atoms with Crippen LogP contribution in [0.2, 0.25) is 0 Å². The van der Waals surface area contributed by atoms with Crippen LogP contribution in [0.5, 0.6) is 0 Å². The molecule has 0 saturated heterocycles. The van der Waals surface area contributed by atoms with Crippen LogP contribution in [0.4, 0.5) is 9.52 Å². The van der Waals surface area contributed by atoms with Crippen molar-refractivity contribution in [2.45, 2.75) is 24.8 Å². The number of amides is 1. The summed E-state index contributed by atoms with van der Waals surface area (Å²) in [5.41, 5.74) is 1.97. The van der Waals surface area contributed by atoms with Gasteiger partial charge < -0.3 is 0 Å². The van der Waals surface area contributed by atoms with Gasteiger partial charge in [-0.25, -0.2) is 9.37 Å². The van der Waals surface area contributed by atoms with Gasteiger partial charge in [0.25, 0.3) is 0 Å². The summed E-state index contributed by atoms with van der Waals surface area (Å²) < 4.78 is 14.9. The van der Waals surface area contributed by atoms with Crippen LogP contribution in [0, 0.1) is 5.82 Å². The predicted molar refractivity (Wildman–Crippen MR) is 122 cm³/mol. The molecule has 4 nitrogen and oxygen atoms in total. The van der Waals surface area contributed by atoms with Crippen molar-refractivity contribution >= 4 is 44.4 Å². The molecule has 2 aromatic heterocycles. The highest BCUT2D eigenvalue weighted by atomic mass is 32.2. The van der Waals surface area contributed by atoms with Crippen molar-refractivity contribution in [1.29, 1.82) is 0 Å². The second-order valence-electron chi connectivity index (χ2n) is 6.64. The third-order valence-corrected chi connectivity index (χ3v) is 6.46. The highest BCUT2D eigenvalue weighted by molar-refractivity contribution is 7.99. The first kappa shape index (κ1) is 20.5. The molecule has 152 valence electrons. The molecular weight excluding hydrogens is 417 g/mol. The number of pyridine rings is 1. The van der Waals surface area contributed by atoms with Gasteiger partial charge in [-0.15, -0.1) is 11.8 Å². The summed E-state index contributed by atoms with van der Waals surface area (Å²) in [6, 6.07) is 18.5. The lowest BCUT2D eigenvalue weighted by Crippen LogP contribution is -2.32. The Labute approximate surface area is 182 Å². The number of thioether (sulfide) groups is 1. The topological polar surface area (TPSA) is 46.1 Å². The molecule has 0 radical (unpaired) electrons. The van der Waals surface area contributed by atoms with E-state index in [-0.39, 0.29) is 30.2 Å². The Morgan fingerprint density at radius 2 is 1.93 bits per heavy atom. The van der Waals surface area contributed by atoms with Crippen LogP contribution in [0.3, 0.4) is 0 Å². The molecule has 0 fully saturated rings. The number of hydrogen-bond donors (Lipinski definition) is 0. The smallest absolute Gasteiger partial charge is 0.233 e. The fraction of sp³-hybridized carbons (Fsp3) is 0.174. The maximum atomic E-state index is 14.2. The van der Waals surface area contributed by atoms with E-state index in [1.807, 2.05) is 48.5 Å². The Hall–Kier alpha value is -2.77. The average molecular weight is 438 g/mol. The molecule has 2 aromatic carbocycles. The van der Waals surface area contributed by atoms with Gasteiger partial charge in [0.15, 0.2) is 5.13 Å². The molecule has 0 bridgehead atoms. The van der Waals surface area contributed by atoms with E-state index < -0.39 is 0 Å². The van der Waals surface area contributed by atoms with Crippen LogP contribution in [0.15, 0.2) is 71.8 Å². The number of nitrogens with zero attached hydrogens (tertiary/aromatic N) is 3. The number of benzene rings is 2. The normalized spacial score (nSPS) is 11.0. The van der Waals surface area contributed by atoms with Crippen LogP contribution in [0.1, 0.15) is 18.2 Å². The van der Waals surface area contributed by atoms with Crippen LogP contribution >= 0.6 is 23.1 Å². The molecule has 0 aliphatic rings. The maximum Gasteiger partial charge on any atom is 0.233 e. The van der Waals surface area contributed by atoms with Crippen molar-refractivity contribution in [2.24, 2.45) is 0 Å². The second-order valence-corrected chi connectivity index (χ2v) is 8.98. The monoisotopic (exact) mass is 437 g/mol. The second kappa shape index (κ2) is 9.36. The summed E-state index contributed by atoms with van der Waals surface area (Å²) in [6.07, 6.45) is 1.93. The van der Waals surface area contributed by atoms with E-state index in [0.717, 1.165) is 17.0 Å². The number of halogens is 1. The molecular formula is C23H20FN3OS2. The van der Waals surface area contributed by atoms with Gasteiger partial charge in [0.1, 0.15) is 11.3 Å². The number of thiazole rings is 1. The summed E-state index contributed by atoms with van der Waals surface area (Å²) in [5.74, 6) is 0.518. The van der Waals surface area contributed by atoms with Crippen molar-refractivity contribution < 1.29 is 9.18 Å². The van der Waals surface area contributed by atoms with Crippen molar-refractivity contribution in [3.63, 3.8) is 0 Å². The average Bonchev–Trinajstić information content (AvgIpc) is 3.20. The molecule has 30 heavy (non-hydrogen) atoms. The Morgan fingerprint density at radius 3 is 2.63 bits per heavy atom. The van der Waals surface area contributed by atoms with Crippen molar-refractivity contribution in [1.82, 2.24) is 9.97 Å². The summed E-state index contributed by atoms with van der Waals surface area (Å²) in [4.78, 5) is 24.8. The number of carbonyl (C=O) groups is 1. The van der Waals surface area contributed by atoms with Crippen LogP contribution in [0.25, 0.3) is 10.2 Å². The molecule has 0 saturated carbocycles. The zero-order valence-electron chi connectivity index (χ0n) is 16.4. The number of rotatable bonds is 7. The van der Waals surface area contributed by atoms with Crippen LogP contribution in [-0.2, 0) is 17.8 Å². The third-order valence-electron chi connectivity index (χ3n) is 4.53. The van der Waals surface area contributed by atoms with E-state index in [9.17, 15) is 9.18 Å². The number of fused-ring (bicyclic) bond motifs is 1. The predicted octanol–water partition coefficient (Wildman–Crippen LogP) is 5.72. The van der Waals surface area contributed by atoms with Crippen molar-refractivity contribution in [2.75, 3.05) is 10.7 Å². The van der Waals surface area contributed by atoms with Crippen LogP contribution < -0.4 is 4.90 Å². The van der Waals surface area contributed by atoms with E-state index in [0.29, 0.717) is 9.83 Å². The molecule has 0 atom stereocenters. The van der Waals surface area contributed by atoms with Gasteiger partial charge in [0.2, 0.25) is 5.91 Å². The molecule has 1 amide bonds. The van der Waals surface area contributed by atoms with E-state index in [1.54, 1.807) is 28.9 Å². The molecule has 2 heterocycles. The van der Waals surface area contributed by atoms with Gasteiger partial charge in [-0.2, -0.15) is 0 Å². The van der Waals surface area contributed by atoms with Gasteiger partial charge in [-0.05, 0) is 47.7 Å². The molecule has 7 heteroatoms. The number of hydrogen-bond acceptors (Lipinski definition) is 5. The summed E-state index contributed by atoms with van der Waals surface area (Å²) in [5, 5.41) is 0.476. The van der Waals surface area contributed by atoms with Gasteiger partial charge in [-0.3, -0.25) is 14.7 Å². The van der Waals surface area contributed by atoms with Crippen LogP contribution in [-0.4, -0.2) is 21.6 Å². The minimum atomic E-state index is -0.385. The zero-order valence-corrected chi connectivity index (χ0v) is 18.0. The van der Waals surface area contributed by atoms with E-state index in [4.69, 9.17) is 0 Å². The largest absolute Gasteiger partial charge is 0.282 e. The number of carbonyl (C=O) groups excluding carboxylic acids is 1. The molecule has 4 aromatic rings. The van der Waals surface area contributed by atoms with Gasteiger partial charge >= 0.3 is 0 Å². The standard InChI is InChI=1S/C23H20FN3OS2/c1-2-29-18-11-9-16(10-12-18)14-21(28)27(15-17-6-3-4-13-25-17)23-26-22-19(24)7-5-8-20(22)30-23/h3-13H,2,14-15H2,1H3. The number of para-hydroxylation sites is 1. The lowest BCUT2D eigenvalue weighted by Gasteiger charge is -2.19. The fourth-order valence-electron chi connectivity index (χ4n) is 3.08. The van der Waals surface area contributed by atoms with E-state index in [1.165, 1.54) is 22.3 Å². The molecule has 0 spiro atoms. The van der Waals surface area contributed by atoms with E-state index >= 15 is 0 Å². The van der Waals surface area contributed by atoms with Gasteiger partial charge in [0.05, 0.1) is 23.4 Å². The molecule has 0 aliphatic heterocycles. The molecule has 0 aliphatic carbocycles. The third kappa shape index (κ3) is 4.68. The lowest BCUT2D eigenvalue weighted by molar-refractivity contribution is -0.118. The van der Waals surface area contributed by atoms with Crippen molar-refractivity contribution in [3.8, 4) is 0 Å². The first-order valence-electron chi connectivity index (χ1n) is 9.61. The molecule has 4 rings (SSSR count). The Kier molecular flexibility index (Phi) is 6.40. The quantitative estimate of drug-likeness (QED) is 0.347. The Balaban J connectivity index is 1.63. The number of aromatic nitrogens is 2. The molecule has 0 N–H and O–H groups in total. The van der Waals surface area contributed by atoms with E-state index in [2.05, 4.69) is 16.9 Å². The summed E-state index contributed by atoms with van der Waals surface area (Å²) in [6.45, 7) is 2.39. The van der Waals surface area contributed by atoms with Gasteiger partial charge in [-0.1, -0.05) is 42.5 Å². The first-order valence-corrected chi connectivity index (χ1v) is 11.4. The lowest BCUT2D eigenvalue weighted by atomic mass is 10.1.